The highest BCUT2D eigenvalue weighted by molar-refractivity contribution is 6.31. The molecule has 124 valence electrons. The molecule has 2 aliphatic rings. The zero-order valence-corrected chi connectivity index (χ0v) is 14.0. The van der Waals surface area contributed by atoms with E-state index in [0.717, 1.165) is 31.2 Å². The van der Waals surface area contributed by atoms with Crippen LogP contribution in [0.1, 0.15) is 50.5 Å². The molecule has 1 aromatic carbocycles. The molecule has 1 amide bonds. The number of carbonyl (C=O) groups excluding carboxylic acids is 1. The Balaban J connectivity index is 1.68. The van der Waals surface area contributed by atoms with Crippen LogP contribution < -0.4 is 5.32 Å². The minimum atomic E-state index is -0.814. The monoisotopic (exact) mass is 335 g/mol. The van der Waals surface area contributed by atoms with Crippen LogP contribution >= 0.6 is 11.6 Å². The molecule has 0 aromatic heterocycles. The second kappa shape index (κ2) is 6.16. The molecule has 0 radical (unpaired) electrons. The van der Waals surface area contributed by atoms with Gasteiger partial charge in [0.15, 0.2) is 0 Å². The quantitative estimate of drug-likeness (QED) is 0.883. The Kier molecular flexibility index (Phi) is 4.37. The normalized spacial score (nSPS) is 33.0. The van der Waals surface area contributed by atoms with Crippen molar-refractivity contribution in [2.24, 2.45) is 11.8 Å². The van der Waals surface area contributed by atoms with Crippen molar-refractivity contribution in [2.75, 3.05) is 0 Å². The van der Waals surface area contributed by atoms with E-state index in [1.165, 1.54) is 0 Å². The van der Waals surface area contributed by atoms with E-state index < -0.39 is 17.4 Å². The molecule has 2 fully saturated rings. The van der Waals surface area contributed by atoms with E-state index in [1.54, 1.807) is 0 Å². The van der Waals surface area contributed by atoms with Crippen molar-refractivity contribution < 1.29 is 14.7 Å². The number of hydrogen-bond acceptors (Lipinski definition) is 2. The maximum Gasteiger partial charge on any atom is 0.308 e. The van der Waals surface area contributed by atoms with Gasteiger partial charge in [-0.3, -0.25) is 9.59 Å². The summed E-state index contributed by atoms with van der Waals surface area (Å²) in [5, 5.41) is 13.2. The zero-order chi connectivity index (χ0) is 16.6. The van der Waals surface area contributed by atoms with E-state index in [-0.39, 0.29) is 17.7 Å². The molecule has 0 bridgehead atoms. The molecule has 0 heterocycles. The summed E-state index contributed by atoms with van der Waals surface area (Å²) in [6, 6.07) is 7.61. The molecule has 4 nitrogen and oxygen atoms in total. The summed E-state index contributed by atoms with van der Waals surface area (Å²) in [4.78, 5) is 24.1. The molecule has 0 aliphatic heterocycles. The lowest BCUT2D eigenvalue weighted by molar-refractivity contribution is -0.146. The maximum atomic E-state index is 12.6. The van der Waals surface area contributed by atoms with Gasteiger partial charge in [0.25, 0.3) is 0 Å². The van der Waals surface area contributed by atoms with Gasteiger partial charge in [0.05, 0.1) is 11.5 Å². The van der Waals surface area contributed by atoms with Gasteiger partial charge >= 0.3 is 5.97 Å². The molecular weight excluding hydrogens is 314 g/mol. The molecule has 2 aliphatic carbocycles. The highest BCUT2D eigenvalue weighted by atomic mass is 35.5. The Bertz CT molecular complexity index is 632. The number of rotatable bonds is 4. The summed E-state index contributed by atoms with van der Waals surface area (Å²) in [5.74, 6) is -1.29. The smallest absolute Gasteiger partial charge is 0.308 e. The van der Waals surface area contributed by atoms with Crippen molar-refractivity contribution in [3.8, 4) is 0 Å². The van der Waals surface area contributed by atoms with Crippen LogP contribution in [0.15, 0.2) is 24.3 Å². The Hall–Kier alpha value is -1.55. The van der Waals surface area contributed by atoms with Gasteiger partial charge in [-0.2, -0.15) is 0 Å². The summed E-state index contributed by atoms with van der Waals surface area (Å²) in [5.41, 5.74) is 0.368. The van der Waals surface area contributed by atoms with E-state index in [0.29, 0.717) is 11.4 Å². The van der Waals surface area contributed by atoms with Crippen LogP contribution in [0.4, 0.5) is 0 Å². The van der Waals surface area contributed by atoms with Gasteiger partial charge in [-0.25, -0.2) is 0 Å². The largest absolute Gasteiger partial charge is 0.481 e. The molecule has 23 heavy (non-hydrogen) atoms. The number of halogens is 1. The third-order valence-electron chi connectivity index (χ3n) is 5.35. The average Bonchev–Trinajstić information content (AvgIpc) is 3.28. The van der Waals surface area contributed by atoms with Crippen LogP contribution in [-0.2, 0) is 9.59 Å². The third kappa shape index (κ3) is 3.23. The van der Waals surface area contributed by atoms with Crippen LogP contribution in [0.5, 0.6) is 0 Å². The summed E-state index contributed by atoms with van der Waals surface area (Å²) in [7, 11) is 0. The Labute approximate surface area is 141 Å². The number of aliphatic carboxylic acids is 1. The topological polar surface area (TPSA) is 66.4 Å². The van der Waals surface area contributed by atoms with E-state index in [1.807, 2.05) is 31.2 Å². The van der Waals surface area contributed by atoms with Crippen molar-refractivity contribution in [1.29, 1.82) is 0 Å². The predicted octanol–water partition coefficient (Wildman–Crippen LogP) is 3.59. The molecule has 0 saturated heterocycles. The first-order valence-electron chi connectivity index (χ1n) is 8.21. The first-order valence-corrected chi connectivity index (χ1v) is 8.59. The Morgan fingerprint density at radius 2 is 2.04 bits per heavy atom. The lowest BCUT2D eigenvalue weighted by atomic mass is 9.73. The zero-order valence-electron chi connectivity index (χ0n) is 13.2. The molecule has 4 atom stereocenters. The molecule has 4 unspecified atom stereocenters. The van der Waals surface area contributed by atoms with Crippen LogP contribution in [0, 0.1) is 11.8 Å². The second-order valence-corrected chi connectivity index (χ2v) is 7.42. The van der Waals surface area contributed by atoms with Crippen molar-refractivity contribution >= 4 is 23.5 Å². The fraction of sp³-hybridized carbons (Fsp3) is 0.556. The molecule has 1 aromatic rings. The van der Waals surface area contributed by atoms with E-state index in [2.05, 4.69) is 5.32 Å². The number of amides is 1. The number of hydrogen-bond donors (Lipinski definition) is 2. The predicted molar refractivity (Wildman–Crippen MR) is 88.4 cm³/mol. The summed E-state index contributed by atoms with van der Waals surface area (Å²) in [6.45, 7) is 1.87. The third-order valence-corrected chi connectivity index (χ3v) is 5.69. The highest BCUT2D eigenvalue weighted by Gasteiger charge is 2.49. The van der Waals surface area contributed by atoms with Crippen molar-refractivity contribution in [3.63, 3.8) is 0 Å². The molecule has 2 N–H and O–H groups in total. The number of carbonyl (C=O) groups is 2. The number of carboxylic acids is 1. The highest BCUT2D eigenvalue weighted by Crippen LogP contribution is 2.50. The molecular formula is C18H22ClNO3. The van der Waals surface area contributed by atoms with Gasteiger partial charge < -0.3 is 10.4 Å². The van der Waals surface area contributed by atoms with Gasteiger partial charge in [0.1, 0.15) is 0 Å². The molecule has 2 saturated carbocycles. The minimum Gasteiger partial charge on any atom is -0.481 e. The minimum absolute atomic E-state index is 0.0365. The SMILES string of the molecule is CC1(NC(=O)C2CC2c2ccccc2Cl)CCCCC1C(=O)O. The van der Waals surface area contributed by atoms with E-state index in [4.69, 9.17) is 11.6 Å². The second-order valence-electron chi connectivity index (χ2n) is 7.01. The number of nitrogens with one attached hydrogen (secondary N) is 1. The van der Waals surface area contributed by atoms with E-state index in [9.17, 15) is 14.7 Å². The maximum absolute atomic E-state index is 12.6. The number of benzene rings is 1. The molecule has 5 heteroatoms. The lowest BCUT2D eigenvalue weighted by Gasteiger charge is -2.40. The van der Waals surface area contributed by atoms with Crippen LogP contribution in [0.3, 0.4) is 0 Å². The van der Waals surface area contributed by atoms with Gasteiger partial charge in [0.2, 0.25) is 5.91 Å². The standard InChI is InChI=1S/C18H22ClNO3/c1-18(9-5-4-7-14(18)17(22)23)20-16(21)13-10-12(13)11-6-2-3-8-15(11)19/h2-3,6,8,12-14H,4-5,7,9-10H2,1H3,(H,20,21)(H,22,23). The van der Waals surface area contributed by atoms with Crippen molar-refractivity contribution in [2.45, 2.75) is 50.5 Å². The van der Waals surface area contributed by atoms with Gasteiger partial charge in [0, 0.05) is 10.9 Å². The van der Waals surface area contributed by atoms with Gasteiger partial charge in [-0.15, -0.1) is 0 Å². The first-order chi connectivity index (χ1) is 10.9. The number of carboxylic acid groups (broad SMARTS) is 1. The van der Waals surface area contributed by atoms with Crippen molar-refractivity contribution in [3.05, 3.63) is 34.9 Å². The summed E-state index contributed by atoms with van der Waals surface area (Å²) in [6.07, 6.45) is 4.00. The lowest BCUT2D eigenvalue weighted by Crippen LogP contribution is -2.55. The summed E-state index contributed by atoms with van der Waals surface area (Å²) >= 11 is 6.20. The van der Waals surface area contributed by atoms with Gasteiger partial charge in [-0.05, 0) is 43.7 Å². The van der Waals surface area contributed by atoms with Gasteiger partial charge in [-0.1, -0.05) is 42.6 Å². The Morgan fingerprint density at radius 1 is 1.30 bits per heavy atom. The first kappa shape index (κ1) is 16.3. The Morgan fingerprint density at radius 3 is 2.74 bits per heavy atom. The fourth-order valence-electron chi connectivity index (χ4n) is 3.86. The molecule has 0 spiro atoms. The molecule has 3 rings (SSSR count). The summed E-state index contributed by atoms with van der Waals surface area (Å²) < 4.78 is 0. The van der Waals surface area contributed by atoms with E-state index >= 15 is 0 Å². The fourth-order valence-corrected chi connectivity index (χ4v) is 4.13. The van der Waals surface area contributed by atoms with Crippen LogP contribution in [0.2, 0.25) is 5.02 Å². The van der Waals surface area contributed by atoms with Crippen LogP contribution in [0.25, 0.3) is 0 Å². The average molecular weight is 336 g/mol. The van der Waals surface area contributed by atoms with Crippen LogP contribution in [-0.4, -0.2) is 22.5 Å². The van der Waals surface area contributed by atoms with Crippen molar-refractivity contribution in [1.82, 2.24) is 5.32 Å².